The van der Waals surface area contributed by atoms with E-state index in [0.717, 1.165) is 5.56 Å². The second kappa shape index (κ2) is 17.3. The highest BCUT2D eigenvalue weighted by molar-refractivity contribution is 5.99. The van der Waals surface area contributed by atoms with E-state index in [2.05, 4.69) is 26.3 Å². The predicted molar refractivity (Wildman–Crippen MR) is 175 cm³/mol. The molecule has 254 valence electrons. The summed E-state index contributed by atoms with van der Waals surface area (Å²) in [7, 11) is 2.83. The molecule has 14 nitrogen and oxygen atoms in total. The normalized spacial score (nSPS) is 18.5. The monoisotopic (exact) mass is 660 g/mol. The highest BCUT2D eigenvalue weighted by atomic mass is 16.5. The molecule has 2 aliphatic heterocycles. The van der Waals surface area contributed by atoms with Gasteiger partial charge in [-0.1, -0.05) is 30.3 Å². The second-order valence-corrected chi connectivity index (χ2v) is 11.0. The summed E-state index contributed by atoms with van der Waals surface area (Å²) in [6, 6.07) is 13.2. The fourth-order valence-electron chi connectivity index (χ4n) is 4.92. The van der Waals surface area contributed by atoms with Crippen LogP contribution in [0.25, 0.3) is 0 Å². The van der Waals surface area contributed by atoms with Crippen LogP contribution in [-0.2, 0) is 20.8 Å². The molecule has 2 atom stereocenters. The van der Waals surface area contributed by atoms with Crippen molar-refractivity contribution in [2.75, 3.05) is 47.0 Å². The van der Waals surface area contributed by atoms with Gasteiger partial charge in [-0.2, -0.15) is 0 Å². The van der Waals surface area contributed by atoms with Crippen LogP contribution in [0.5, 0.6) is 17.2 Å². The number of hydrogen-bond acceptors (Lipinski definition) is 9. The molecule has 14 heteroatoms. The van der Waals surface area contributed by atoms with Gasteiger partial charge in [-0.15, -0.1) is 0 Å². The molecule has 0 aliphatic carbocycles. The van der Waals surface area contributed by atoms with Crippen molar-refractivity contribution in [2.24, 2.45) is 0 Å². The number of benzene rings is 2. The summed E-state index contributed by atoms with van der Waals surface area (Å²) in [4.78, 5) is 71.6. The molecule has 2 aromatic carbocycles. The van der Waals surface area contributed by atoms with Gasteiger partial charge in [-0.05, 0) is 43.2 Å². The third kappa shape index (κ3) is 9.67. The van der Waals surface area contributed by atoms with Gasteiger partial charge in [0.05, 0.1) is 32.9 Å². The first-order chi connectivity index (χ1) is 23.2. The molecular formula is C34H40N6O8. The molecule has 4 N–H and O–H groups in total. The molecule has 48 heavy (non-hydrogen) atoms. The van der Waals surface area contributed by atoms with Crippen LogP contribution in [-0.4, -0.2) is 98.5 Å². The number of aromatic nitrogens is 1. The first-order valence-corrected chi connectivity index (χ1v) is 15.5. The second-order valence-electron chi connectivity index (χ2n) is 11.0. The highest BCUT2D eigenvalue weighted by Gasteiger charge is 2.27. The van der Waals surface area contributed by atoms with Crippen molar-refractivity contribution >= 4 is 29.5 Å². The third-order valence-corrected chi connectivity index (χ3v) is 7.48. The van der Waals surface area contributed by atoms with Gasteiger partial charge < -0.3 is 40.4 Å². The molecule has 3 heterocycles. The lowest BCUT2D eigenvalue weighted by atomic mass is 10.0. The largest absolute Gasteiger partial charge is 0.493 e. The van der Waals surface area contributed by atoms with Crippen LogP contribution in [0.15, 0.2) is 67.0 Å². The standard InChI is InChI=1S/C34H40N6O8/c1-22-31(42)39-26(17-23-9-5-4-6-10-23)33(44)37-14-15-40(34(45)24-11-7-12-35-20-24)21-29(41)36-13-8-16-48-30-27(46-2)18-25(32(43)38-22)19-28(30)47-3/h4-7,9-12,18-20,22,26H,8,13-17,21H2,1-3H3,(H,36,41)(H,37,44)(H,38,43)(H,39,42)/t22-,26+/m0/s1. The molecule has 0 saturated heterocycles. The Bertz CT molecular complexity index is 1560. The molecule has 3 aromatic rings. The van der Waals surface area contributed by atoms with Crippen molar-refractivity contribution in [3.63, 3.8) is 0 Å². The SMILES string of the molecule is COc1cc2cc(OC)c1OCCCNC(=O)CN(C(=O)c1cccnc1)CCNC(=O)[C@@H](Cc1ccccc1)NC(=O)[C@H](C)NC2=O. The van der Waals surface area contributed by atoms with Crippen LogP contribution in [0.3, 0.4) is 0 Å². The quantitative estimate of drug-likeness (QED) is 0.292. The van der Waals surface area contributed by atoms with Gasteiger partial charge in [0.15, 0.2) is 11.5 Å². The Morgan fingerprint density at radius 3 is 2.33 bits per heavy atom. The van der Waals surface area contributed by atoms with Gasteiger partial charge in [-0.3, -0.25) is 29.0 Å². The Kier molecular flexibility index (Phi) is 12.7. The summed E-state index contributed by atoms with van der Waals surface area (Å²) < 4.78 is 16.8. The van der Waals surface area contributed by atoms with E-state index in [1.807, 2.05) is 30.3 Å². The topological polar surface area (TPSA) is 177 Å². The maximum Gasteiger partial charge on any atom is 0.255 e. The van der Waals surface area contributed by atoms with E-state index in [-0.39, 0.29) is 67.6 Å². The first-order valence-electron chi connectivity index (χ1n) is 15.5. The highest BCUT2D eigenvalue weighted by Crippen LogP contribution is 2.38. The Morgan fingerprint density at radius 2 is 1.67 bits per heavy atom. The number of fused-ring (bicyclic) bond motifs is 19. The molecule has 0 fully saturated rings. The number of nitrogens with one attached hydrogen (secondary N) is 4. The zero-order chi connectivity index (χ0) is 34.5. The molecule has 0 radical (unpaired) electrons. The molecule has 5 rings (SSSR count). The smallest absolute Gasteiger partial charge is 0.255 e. The van der Waals surface area contributed by atoms with Crippen LogP contribution in [0.1, 0.15) is 39.6 Å². The zero-order valence-electron chi connectivity index (χ0n) is 27.1. The van der Waals surface area contributed by atoms with E-state index in [9.17, 15) is 24.0 Å². The average Bonchev–Trinajstić information content (AvgIpc) is 3.10. The average molecular weight is 661 g/mol. The van der Waals surface area contributed by atoms with Gasteiger partial charge >= 0.3 is 0 Å². The minimum Gasteiger partial charge on any atom is -0.493 e. The van der Waals surface area contributed by atoms with E-state index < -0.39 is 41.6 Å². The third-order valence-electron chi connectivity index (χ3n) is 7.48. The van der Waals surface area contributed by atoms with Crippen LogP contribution >= 0.6 is 0 Å². The summed E-state index contributed by atoms with van der Waals surface area (Å²) in [5.74, 6) is -1.80. The van der Waals surface area contributed by atoms with Gasteiger partial charge in [0.25, 0.3) is 11.8 Å². The summed E-state index contributed by atoms with van der Waals surface area (Å²) in [6.07, 6.45) is 3.50. The zero-order valence-corrected chi connectivity index (χ0v) is 27.1. The van der Waals surface area contributed by atoms with Crippen molar-refractivity contribution < 1.29 is 38.2 Å². The lowest BCUT2D eigenvalue weighted by Gasteiger charge is -2.24. The van der Waals surface area contributed by atoms with Crippen LogP contribution in [0, 0.1) is 0 Å². The summed E-state index contributed by atoms with van der Waals surface area (Å²) in [6.45, 7) is 1.65. The van der Waals surface area contributed by atoms with Gasteiger partial charge in [0, 0.05) is 44.0 Å². The number of carbonyl (C=O) groups excluding carboxylic acids is 5. The molecule has 0 unspecified atom stereocenters. The Hall–Kier alpha value is -5.66. The maximum absolute atomic E-state index is 13.5. The Labute approximate surface area is 278 Å². The van der Waals surface area contributed by atoms with Gasteiger partial charge in [0.1, 0.15) is 12.1 Å². The van der Waals surface area contributed by atoms with E-state index in [1.165, 1.54) is 50.6 Å². The molecule has 0 spiro atoms. The number of nitrogens with zero attached hydrogens (tertiary/aromatic N) is 2. The fraction of sp³-hybridized carbons (Fsp3) is 0.353. The molecule has 1 aromatic heterocycles. The number of hydrogen-bond donors (Lipinski definition) is 4. The van der Waals surface area contributed by atoms with Crippen LogP contribution in [0.4, 0.5) is 0 Å². The van der Waals surface area contributed by atoms with Crippen molar-refractivity contribution in [3.8, 4) is 17.2 Å². The first kappa shape index (κ1) is 35.2. The summed E-state index contributed by atoms with van der Waals surface area (Å²) >= 11 is 0. The van der Waals surface area contributed by atoms with E-state index in [0.29, 0.717) is 6.42 Å². The minimum atomic E-state index is -1.03. The molecular weight excluding hydrogens is 620 g/mol. The summed E-state index contributed by atoms with van der Waals surface area (Å²) in [5.41, 5.74) is 1.24. The number of pyridine rings is 1. The minimum absolute atomic E-state index is 0.00132. The molecule has 5 amide bonds. The molecule has 2 aliphatic rings. The van der Waals surface area contributed by atoms with Crippen molar-refractivity contribution in [3.05, 3.63) is 83.7 Å². The van der Waals surface area contributed by atoms with Crippen molar-refractivity contribution in [1.29, 1.82) is 0 Å². The van der Waals surface area contributed by atoms with Gasteiger partial charge in [0.2, 0.25) is 23.5 Å². The number of ether oxygens (including phenoxy) is 3. The van der Waals surface area contributed by atoms with E-state index in [1.54, 1.807) is 12.1 Å². The Morgan fingerprint density at radius 1 is 0.938 bits per heavy atom. The lowest BCUT2D eigenvalue weighted by Crippen LogP contribution is -2.54. The lowest BCUT2D eigenvalue weighted by molar-refractivity contribution is -0.129. The molecule has 2 bridgehead atoms. The van der Waals surface area contributed by atoms with E-state index in [4.69, 9.17) is 14.2 Å². The predicted octanol–water partition coefficient (Wildman–Crippen LogP) is 1.10. The molecule has 0 saturated carbocycles. The van der Waals surface area contributed by atoms with E-state index >= 15 is 0 Å². The summed E-state index contributed by atoms with van der Waals surface area (Å²) in [5, 5.41) is 11.0. The number of carbonyl (C=O) groups is 5. The van der Waals surface area contributed by atoms with Crippen molar-refractivity contribution in [2.45, 2.75) is 31.8 Å². The number of rotatable bonds is 5. The van der Waals surface area contributed by atoms with Crippen LogP contribution in [0.2, 0.25) is 0 Å². The van der Waals surface area contributed by atoms with Crippen LogP contribution < -0.4 is 35.5 Å². The number of amides is 5. The maximum atomic E-state index is 13.5. The van der Waals surface area contributed by atoms with Gasteiger partial charge in [-0.25, -0.2) is 0 Å². The fourth-order valence-corrected chi connectivity index (χ4v) is 4.92. The van der Waals surface area contributed by atoms with Crippen molar-refractivity contribution in [1.82, 2.24) is 31.2 Å². The Balaban J connectivity index is 1.61. The number of methoxy groups -OCH3 is 2.